The summed E-state index contributed by atoms with van der Waals surface area (Å²) in [5.41, 5.74) is 3.31. The number of benzene rings is 1. The van der Waals surface area contributed by atoms with Gasteiger partial charge in [0.2, 0.25) is 0 Å². The van der Waals surface area contributed by atoms with Crippen molar-refractivity contribution in [1.82, 2.24) is 19.7 Å². The van der Waals surface area contributed by atoms with Crippen molar-refractivity contribution >= 4 is 5.82 Å². The van der Waals surface area contributed by atoms with Gasteiger partial charge in [-0.2, -0.15) is 5.10 Å². The molecule has 6 nitrogen and oxygen atoms in total. The van der Waals surface area contributed by atoms with Gasteiger partial charge in [-0.15, -0.1) is 0 Å². The summed E-state index contributed by atoms with van der Waals surface area (Å²) in [5.74, 6) is 1.09. The van der Waals surface area contributed by atoms with Gasteiger partial charge in [-0.05, 0) is 49.7 Å². The van der Waals surface area contributed by atoms with Crippen LogP contribution >= 0.6 is 0 Å². The number of nitrogens with zero attached hydrogens (tertiary/aromatic N) is 5. The number of aryl methyl sites for hydroxylation is 1. The first-order valence-corrected chi connectivity index (χ1v) is 10.3. The monoisotopic (exact) mass is 391 g/mol. The molecule has 0 spiro atoms. The van der Waals surface area contributed by atoms with E-state index in [-0.39, 0.29) is 0 Å². The van der Waals surface area contributed by atoms with Gasteiger partial charge in [0.25, 0.3) is 0 Å². The van der Waals surface area contributed by atoms with Crippen molar-refractivity contribution < 1.29 is 4.74 Å². The Morgan fingerprint density at radius 3 is 2.48 bits per heavy atom. The van der Waals surface area contributed by atoms with Gasteiger partial charge in [0, 0.05) is 39.5 Å². The van der Waals surface area contributed by atoms with E-state index in [2.05, 4.69) is 45.1 Å². The van der Waals surface area contributed by atoms with E-state index in [1.807, 2.05) is 35.1 Å². The molecule has 0 aliphatic carbocycles. The number of piperazine rings is 1. The molecule has 3 aromatic rings. The molecule has 152 valence electrons. The fraction of sp³-hybridized carbons (Fsp3) is 0.391. The van der Waals surface area contributed by atoms with Crippen LogP contribution < -0.4 is 4.90 Å². The van der Waals surface area contributed by atoms with Crippen molar-refractivity contribution in [2.75, 3.05) is 44.7 Å². The van der Waals surface area contributed by atoms with E-state index in [0.717, 1.165) is 68.5 Å². The van der Waals surface area contributed by atoms with Crippen LogP contribution in [0.1, 0.15) is 17.8 Å². The maximum absolute atomic E-state index is 5.37. The summed E-state index contributed by atoms with van der Waals surface area (Å²) in [6, 6.07) is 18.6. The molecule has 4 rings (SSSR count). The molecule has 0 N–H and O–H groups in total. The third-order valence-electron chi connectivity index (χ3n) is 5.38. The number of methoxy groups -OCH3 is 1. The summed E-state index contributed by atoms with van der Waals surface area (Å²) in [6.45, 7) is 5.93. The predicted molar refractivity (Wildman–Crippen MR) is 115 cm³/mol. The summed E-state index contributed by atoms with van der Waals surface area (Å²) in [7, 11) is 1.73. The molecule has 1 fully saturated rings. The summed E-state index contributed by atoms with van der Waals surface area (Å²) in [4.78, 5) is 9.38. The molecule has 3 heterocycles. The average molecular weight is 392 g/mol. The van der Waals surface area contributed by atoms with Crippen molar-refractivity contribution in [2.24, 2.45) is 0 Å². The van der Waals surface area contributed by atoms with Crippen molar-refractivity contribution in [3.8, 4) is 5.69 Å². The topological polar surface area (TPSA) is 46.4 Å². The van der Waals surface area contributed by atoms with E-state index in [0.29, 0.717) is 6.61 Å². The Hall–Kier alpha value is -2.70. The molecule has 0 bridgehead atoms. The Morgan fingerprint density at radius 1 is 0.966 bits per heavy atom. The lowest BCUT2D eigenvalue weighted by Gasteiger charge is -2.35. The number of hydrogen-bond acceptors (Lipinski definition) is 5. The first-order chi connectivity index (χ1) is 14.3. The second-order valence-corrected chi connectivity index (χ2v) is 7.43. The smallest absolute Gasteiger partial charge is 0.128 e. The van der Waals surface area contributed by atoms with Crippen LogP contribution in [0.15, 0.2) is 60.8 Å². The standard InChI is InChI=1S/C23H29N5O/c1-29-19-22-18-20(25-28(22)21-9-3-2-4-10-21)8-7-13-26-14-16-27(17-15-26)23-11-5-6-12-24-23/h2-6,9-12,18H,7-8,13-17,19H2,1H3. The molecule has 1 aromatic carbocycles. The van der Waals surface area contributed by atoms with Crippen LogP contribution in [0.25, 0.3) is 5.69 Å². The fourth-order valence-electron chi connectivity index (χ4n) is 3.87. The van der Waals surface area contributed by atoms with Gasteiger partial charge in [0.15, 0.2) is 0 Å². The molecule has 0 atom stereocenters. The molecule has 1 aliphatic rings. The van der Waals surface area contributed by atoms with E-state index in [4.69, 9.17) is 9.84 Å². The molecule has 0 amide bonds. The first kappa shape index (κ1) is 19.6. The molecule has 0 unspecified atom stereocenters. The minimum atomic E-state index is 0.567. The molecule has 1 saturated heterocycles. The van der Waals surface area contributed by atoms with Crippen LogP contribution in [-0.2, 0) is 17.8 Å². The lowest BCUT2D eigenvalue weighted by molar-refractivity contribution is 0.179. The maximum Gasteiger partial charge on any atom is 0.128 e. The van der Waals surface area contributed by atoms with E-state index >= 15 is 0 Å². The number of aromatic nitrogens is 3. The van der Waals surface area contributed by atoms with Crippen LogP contribution in [0.4, 0.5) is 5.82 Å². The third-order valence-corrected chi connectivity index (χ3v) is 5.38. The van der Waals surface area contributed by atoms with Gasteiger partial charge < -0.3 is 9.64 Å². The van der Waals surface area contributed by atoms with Gasteiger partial charge in [-0.25, -0.2) is 9.67 Å². The normalized spacial score (nSPS) is 15.0. The van der Waals surface area contributed by atoms with Crippen molar-refractivity contribution in [2.45, 2.75) is 19.4 Å². The summed E-state index contributed by atoms with van der Waals surface area (Å²) < 4.78 is 7.38. The predicted octanol–water partition coefficient (Wildman–Crippen LogP) is 3.17. The number of anilines is 1. The van der Waals surface area contributed by atoms with Gasteiger partial charge in [-0.1, -0.05) is 24.3 Å². The molecule has 0 radical (unpaired) electrons. The highest BCUT2D eigenvalue weighted by Gasteiger charge is 2.17. The van der Waals surface area contributed by atoms with Crippen LogP contribution in [0.2, 0.25) is 0 Å². The molecule has 29 heavy (non-hydrogen) atoms. The number of ether oxygens (including phenoxy) is 1. The zero-order valence-corrected chi connectivity index (χ0v) is 17.1. The van der Waals surface area contributed by atoms with Crippen molar-refractivity contribution in [3.05, 3.63) is 72.2 Å². The molecular weight excluding hydrogens is 362 g/mol. The van der Waals surface area contributed by atoms with E-state index in [9.17, 15) is 0 Å². The number of para-hydroxylation sites is 1. The summed E-state index contributed by atoms with van der Waals surface area (Å²) in [6.07, 6.45) is 3.97. The van der Waals surface area contributed by atoms with Crippen LogP contribution in [0, 0.1) is 0 Å². The van der Waals surface area contributed by atoms with E-state index in [1.165, 1.54) is 0 Å². The minimum Gasteiger partial charge on any atom is -0.378 e. The fourth-order valence-corrected chi connectivity index (χ4v) is 3.87. The highest BCUT2D eigenvalue weighted by Crippen LogP contribution is 2.16. The zero-order valence-electron chi connectivity index (χ0n) is 17.1. The maximum atomic E-state index is 5.37. The Labute approximate surface area is 172 Å². The number of rotatable bonds is 8. The Kier molecular flexibility index (Phi) is 6.54. The largest absolute Gasteiger partial charge is 0.378 e. The third kappa shape index (κ3) is 5.02. The lowest BCUT2D eigenvalue weighted by Crippen LogP contribution is -2.47. The van der Waals surface area contributed by atoms with Crippen LogP contribution in [-0.4, -0.2) is 59.5 Å². The lowest BCUT2D eigenvalue weighted by atomic mass is 10.2. The summed E-state index contributed by atoms with van der Waals surface area (Å²) in [5, 5.41) is 4.84. The van der Waals surface area contributed by atoms with Crippen molar-refractivity contribution in [3.63, 3.8) is 0 Å². The Balaban J connectivity index is 1.29. The SMILES string of the molecule is COCc1cc(CCCN2CCN(c3ccccn3)CC2)nn1-c1ccccc1. The Morgan fingerprint density at radius 2 is 1.76 bits per heavy atom. The van der Waals surface area contributed by atoms with Gasteiger partial charge >= 0.3 is 0 Å². The first-order valence-electron chi connectivity index (χ1n) is 10.3. The second-order valence-electron chi connectivity index (χ2n) is 7.43. The number of hydrogen-bond donors (Lipinski definition) is 0. The quantitative estimate of drug-likeness (QED) is 0.590. The van der Waals surface area contributed by atoms with E-state index in [1.54, 1.807) is 7.11 Å². The molecule has 0 saturated carbocycles. The minimum absolute atomic E-state index is 0.567. The highest BCUT2D eigenvalue weighted by atomic mass is 16.5. The molecule has 2 aromatic heterocycles. The summed E-state index contributed by atoms with van der Waals surface area (Å²) >= 11 is 0. The second kappa shape index (κ2) is 9.67. The zero-order chi connectivity index (χ0) is 19.9. The van der Waals surface area contributed by atoms with E-state index < -0.39 is 0 Å². The Bertz CT molecular complexity index is 873. The van der Waals surface area contributed by atoms with Crippen LogP contribution in [0.3, 0.4) is 0 Å². The van der Waals surface area contributed by atoms with Crippen LogP contribution in [0.5, 0.6) is 0 Å². The molecule has 6 heteroatoms. The highest BCUT2D eigenvalue weighted by molar-refractivity contribution is 5.38. The number of pyridine rings is 1. The van der Waals surface area contributed by atoms with Gasteiger partial charge in [0.05, 0.1) is 23.7 Å². The van der Waals surface area contributed by atoms with Gasteiger partial charge in [-0.3, -0.25) is 4.90 Å². The average Bonchev–Trinajstić information content (AvgIpc) is 3.18. The van der Waals surface area contributed by atoms with Crippen molar-refractivity contribution in [1.29, 1.82) is 0 Å². The molecular formula is C23H29N5O. The molecule has 1 aliphatic heterocycles. The van der Waals surface area contributed by atoms with Gasteiger partial charge in [0.1, 0.15) is 5.82 Å².